The third-order valence-corrected chi connectivity index (χ3v) is 2.42. The molecule has 80 valence electrons. The van der Waals surface area contributed by atoms with E-state index < -0.39 is 0 Å². The molecule has 0 aliphatic rings. The summed E-state index contributed by atoms with van der Waals surface area (Å²) >= 11 is 0. The van der Waals surface area contributed by atoms with Crippen LogP contribution in [-0.4, -0.2) is 24.3 Å². The van der Waals surface area contributed by atoms with Gasteiger partial charge in [0.05, 0.1) is 6.10 Å². The Hall–Kier alpha value is -0.0800. The van der Waals surface area contributed by atoms with Crippen molar-refractivity contribution in [2.45, 2.75) is 52.6 Å². The Morgan fingerprint density at radius 3 is 2.38 bits per heavy atom. The van der Waals surface area contributed by atoms with E-state index in [1.165, 1.54) is 25.7 Å². The first kappa shape index (κ1) is 12.9. The van der Waals surface area contributed by atoms with E-state index in [2.05, 4.69) is 19.2 Å². The molecule has 13 heavy (non-hydrogen) atoms. The van der Waals surface area contributed by atoms with Gasteiger partial charge in [-0.1, -0.05) is 33.1 Å². The first-order valence-electron chi connectivity index (χ1n) is 5.59. The van der Waals surface area contributed by atoms with E-state index in [0.717, 1.165) is 19.0 Å². The van der Waals surface area contributed by atoms with Crippen molar-refractivity contribution >= 4 is 0 Å². The second-order valence-corrected chi connectivity index (χ2v) is 3.92. The summed E-state index contributed by atoms with van der Waals surface area (Å²) in [5.41, 5.74) is 0. The molecule has 0 aliphatic carbocycles. The van der Waals surface area contributed by atoms with Gasteiger partial charge in [0.25, 0.3) is 0 Å². The van der Waals surface area contributed by atoms with Crippen LogP contribution in [0.1, 0.15) is 46.5 Å². The second kappa shape index (κ2) is 8.52. The summed E-state index contributed by atoms with van der Waals surface area (Å²) in [6.45, 7) is 8.07. The number of hydrogen-bond donors (Lipinski definition) is 2. The number of nitrogens with one attached hydrogen (secondary N) is 1. The van der Waals surface area contributed by atoms with Gasteiger partial charge in [-0.3, -0.25) is 0 Å². The topological polar surface area (TPSA) is 32.3 Å². The van der Waals surface area contributed by atoms with E-state index in [9.17, 15) is 0 Å². The van der Waals surface area contributed by atoms with Crippen LogP contribution in [0.15, 0.2) is 0 Å². The molecule has 0 aromatic carbocycles. The molecule has 0 rings (SSSR count). The van der Waals surface area contributed by atoms with Crippen molar-refractivity contribution in [2.24, 2.45) is 5.92 Å². The minimum atomic E-state index is -0.219. The number of unbranched alkanes of at least 4 members (excludes halogenated alkanes) is 1. The molecular formula is C11H25NO. The maximum absolute atomic E-state index is 9.05. The van der Waals surface area contributed by atoms with Gasteiger partial charge in [0.2, 0.25) is 0 Å². The standard InChI is InChI=1S/C11H25NO/c1-4-6-7-11(5-2)9-12-8-10(3)13/h10-13H,4-9H2,1-3H3/t10-,11?/m0/s1. The number of aliphatic hydroxyl groups excluding tert-OH is 1. The maximum Gasteiger partial charge on any atom is 0.0636 e. The summed E-state index contributed by atoms with van der Waals surface area (Å²) in [6, 6.07) is 0. The van der Waals surface area contributed by atoms with Gasteiger partial charge in [-0.2, -0.15) is 0 Å². The summed E-state index contributed by atoms with van der Waals surface area (Å²) in [7, 11) is 0. The van der Waals surface area contributed by atoms with Crippen molar-refractivity contribution in [3.63, 3.8) is 0 Å². The Balaban J connectivity index is 3.36. The molecule has 2 N–H and O–H groups in total. The normalized spacial score (nSPS) is 15.7. The molecule has 2 heteroatoms. The van der Waals surface area contributed by atoms with Crippen molar-refractivity contribution in [2.75, 3.05) is 13.1 Å². The lowest BCUT2D eigenvalue weighted by Gasteiger charge is -2.15. The van der Waals surface area contributed by atoms with Crippen molar-refractivity contribution in [1.82, 2.24) is 5.32 Å². The number of hydrogen-bond acceptors (Lipinski definition) is 2. The predicted octanol–water partition coefficient (Wildman–Crippen LogP) is 2.17. The number of rotatable bonds is 8. The van der Waals surface area contributed by atoms with E-state index in [0.29, 0.717) is 0 Å². The van der Waals surface area contributed by atoms with E-state index >= 15 is 0 Å². The largest absolute Gasteiger partial charge is 0.392 e. The second-order valence-electron chi connectivity index (χ2n) is 3.92. The van der Waals surface area contributed by atoms with Gasteiger partial charge in [-0.15, -0.1) is 0 Å². The van der Waals surface area contributed by atoms with Crippen molar-refractivity contribution in [3.05, 3.63) is 0 Å². The Labute approximate surface area is 82.7 Å². The smallest absolute Gasteiger partial charge is 0.0636 e. The lowest BCUT2D eigenvalue weighted by Crippen LogP contribution is -2.29. The van der Waals surface area contributed by atoms with Gasteiger partial charge in [-0.05, 0) is 25.8 Å². The zero-order valence-electron chi connectivity index (χ0n) is 9.34. The molecule has 0 bridgehead atoms. The van der Waals surface area contributed by atoms with Gasteiger partial charge in [0.15, 0.2) is 0 Å². The molecule has 0 saturated heterocycles. The predicted molar refractivity (Wildman–Crippen MR) is 57.9 cm³/mol. The Kier molecular flexibility index (Phi) is 8.46. The first-order chi connectivity index (χ1) is 6.20. The molecule has 0 saturated carbocycles. The molecule has 0 radical (unpaired) electrons. The minimum Gasteiger partial charge on any atom is -0.392 e. The zero-order chi connectivity index (χ0) is 10.1. The SMILES string of the molecule is CCCCC(CC)CNC[C@H](C)O. The quantitative estimate of drug-likeness (QED) is 0.610. The molecule has 0 amide bonds. The Morgan fingerprint density at radius 1 is 1.23 bits per heavy atom. The van der Waals surface area contributed by atoms with Crippen LogP contribution >= 0.6 is 0 Å². The third kappa shape index (κ3) is 8.26. The fourth-order valence-corrected chi connectivity index (χ4v) is 1.44. The molecule has 1 unspecified atom stereocenters. The van der Waals surface area contributed by atoms with Gasteiger partial charge in [0, 0.05) is 6.54 Å². The van der Waals surface area contributed by atoms with E-state index in [4.69, 9.17) is 5.11 Å². The summed E-state index contributed by atoms with van der Waals surface area (Å²) in [4.78, 5) is 0. The fraction of sp³-hybridized carbons (Fsp3) is 1.00. The van der Waals surface area contributed by atoms with Crippen LogP contribution < -0.4 is 5.32 Å². The van der Waals surface area contributed by atoms with Crippen LogP contribution in [-0.2, 0) is 0 Å². The first-order valence-corrected chi connectivity index (χ1v) is 5.59. The molecule has 2 atom stereocenters. The monoisotopic (exact) mass is 187 g/mol. The number of aliphatic hydroxyl groups is 1. The van der Waals surface area contributed by atoms with Crippen molar-refractivity contribution in [1.29, 1.82) is 0 Å². The lowest BCUT2D eigenvalue weighted by molar-refractivity contribution is 0.188. The van der Waals surface area contributed by atoms with Crippen LogP contribution in [0.3, 0.4) is 0 Å². The highest BCUT2D eigenvalue weighted by Gasteiger charge is 2.05. The van der Waals surface area contributed by atoms with Gasteiger partial charge in [-0.25, -0.2) is 0 Å². The Bertz CT molecular complexity index is 104. The molecule has 0 spiro atoms. The average molecular weight is 187 g/mol. The highest BCUT2D eigenvalue weighted by atomic mass is 16.3. The highest BCUT2D eigenvalue weighted by molar-refractivity contribution is 4.62. The molecule has 0 aromatic heterocycles. The maximum atomic E-state index is 9.05. The molecule has 0 aromatic rings. The van der Waals surface area contributed by atoms with Gasteiger partial charge in [0.1, 0.15) is 0 Å². The molecule has 0 aliphatic heterocycles. The molecular weight excluding hydrogens is 162 g/mol. The minimum absolute atomic E-state index is 0.219. The zero-order valence-corrected chi connectivity index (χ0v) is 9.34. The molecule has 0 heterocycles. The summed E-state index contributed by atoms with van der Waals surface area (Å²) in [6.07, 6.45) is 4.96. The average Bonchev–Trinajstić information content (AvgIpc) is 2.10. The van der Waals surface area contributed by atoms with Gasteiger partial charge >= 0.3 is 0 Å². The summed E-state index contributed by atoms with van der Waals surface area (Å²) in [5.74, 6) is 0.790. The van der Waals surface area contributed by atoms with Crippen LogP contribution in [0.25, 0.3) is 0 Å². The highest BCUT2D eigenvalue weighted by Crippen LogP contribution is 2.10. The van der Waals surface area contributed by atoms with Crippen molar-refractivity contribution < 1.29 is 5.11 Å². The van der Waals surface area contributed by atoms with Crippen LogP contribution in [0, 0.1) is 5.92 Å². The van der Waals surface area contributed by atoms with E-state index in [1.54, 1.807) is 0 Å². The molecule has 0 fully saturated rings. The van der Waals surface area contributed by atoms with E-state index in [1.807, 2.05) is 6.92 Å². The van der Waals surface area contributed by atoms with Crippen LogP contribution in [0.5, 0.6) is 0 Å². The lowest BCUT2D eigenvalue weighted by atomic mass is 9.99. The van der Waals surface area contributed by atoms with Crippen molar-refractivity contribution in [3.8, 4) is 0 Å². The summed E-state index contributed by atoms with van der Waals surface area (Å²) in [5, 5.41) is 12.3. The fourth-order valence-electron chi connectivity index (χ4n) is 1.44. The van der Waals surface area contributed by atoms with Crippen LogP contribution in [0.4, 0.5) is 0 Å². The third-order valence-electron chi connectivity index (χ3n) is 2.42. The Morgan fingerprint density at radius 2 is 1.92 bits per heavy atom. The van der Waals surface area contributed by atoms with Crippen LogP contribution in [0.2, 0.25) is 0 Å². The van der Waals surface area contributed by atoms with Gasteiger partial charge < -0.3 is 10.4 Å². The molecule has 2 nitrogen and oxygen atoms in total. The summed E-state index contributed by atoms with van der Waals surface area (Å²) < 4.78 is 0. The van der Waals surface area contributed by atoms with E-state index in [-0.39, 0.29) is 6.10 Å².